The first-order valence-corrected chi connectivity index (χ1v) is 11.0. The van der Waals surface area contributed by atoms with Crippen LogP contribution in [0.1, 0.15) is 71.1 Å². The smallest absolute Gasteiger partial charge is 0.317 e. The van der Waals surface area contributed by atoms with Crippen molar-refractivity contribution in [2.75, 3.05) is 38.6 Å². The van der Waals surface area contributed by atoms with Crippen LogP contribution in [-0.2, 0) is 16.1 Å². The van der Waals surface area contributed by atoms with Gasteiger partial charge in [0.1, 0.15) is 0 Å². The van der Waals surface area contributed by atoms with E-state index in [9.17, 15) is 0 Å². The molecular formula is C21H39N5O5. The first-order valence-electron chi connectivity index (χ1n) is 11.0. The number of hydrogen-bond acceptors (Lipinski definition) is 8. The highest BCUT2D eigenvalue weighted by Gasteiger charge is 2.39. The fraction of sp³-hybridized carbons (Fsp3) is 0.810. The van der Waals surface area contributed by atoms with Crippen molar-refractivity contribution in [2.45, 2.75) is 77.3 Å². The number of likely N-dealkylation sites (N-methyl/N-ethyl adjacent to an activating group) is 1. The van der Waals surface area contributed by atoms with Gasteiger partial charge < -0.3 is 24.8 Å². The number of nitrogens with one attached hydrogen (secondary N) is 1. The van der Waals surface area contributed by atoms with Crippen LogP contribution in [0.5, 0.6) is 0 Å². The Kier molecular flexibility index (Phi) is 12.1. The number of aromatic nitrogens is 2. The Morgan fingerprint density at radius 2 is 1.55 bits per heavy atom. The van der Waals surface area contributed by atoms with Crippen LogP contribution in [0, 0.1) is 0 Å². The Morgan fingerprint density at radius 3 is 2.06 bits per heavy atom. The number of carbonyl (C=O) groups is 2. The second kappa shape index (κ2) is 14.0. The van der Waals surface area contributed by atoms with Gasteiger partial charge in [-0.1, -0.05) is 30.8 Å². The van der Waals surface area contributed by atoms with Gasteiger partial charge in [0, 0.05) is 33.0 Å². The minimum absolute atomic E-state index is 0.297. The van der Waals surface area contributed by atoms with E-state index in [1.165, 1.54) is 64.5 Å². The van der Waals surface area contributed by atoms with Gasteiger partial charge in [0.05, 0.1) is 6.54 Å². The van der Waals surface area contributed by atoms with E-state index < -0.39 is 11.9 Å². The Labute approximate surface area is 185 Å². The van der Waals surface area contributed by atoms with Crippen LogP contribution in [0.4, 0.5) is 6.01 Å². The average Bonchev–Trinajstić information content (AvgIpc) is 3.18. The van der Waals surface area contributed by atoms with Crippen molar-refractivity contribution in [2.24, 2.45) is 0 Å². The van der Waals surface area contributed by atoms with Crippen molar-refractivity contribution in [3.63, 3.8) is 0 Å². The van der Waals surface area contributed by atoms with Gasteiger partial charge in [-0.05, 0) is 45.8 Å². The molecule has 2 aliphatic rings. The molecule has 0 aromatic carbocycles. The summed E-state index contributed by atoms with van der Waals surface area (Å²) in [4.78, 5) is 22.9. The highest BCUT2D eigenvalue weighted by Crippen LogP contribution is 2.36. The third kappa shape index (κ3) is 10.1. The minimum Gasteiger partial charge on any atom is -0.481 e. The molecule has 3 rings (SSSR count). The number of piperidine rings is 1. The van der Waals surface area contributed by atoms with E-state index >= 15 is 0 Å². The molecule has 3 N–H and O–H groups in total. The van der Waals surface area contributed by atoms with Crippen LogP contribution in [-0.4, -0.2) is 76.5 Å². The summed E-state index contributed by atoms with van der Waals surface area (Å²) in [7, 11) is 3.98. The maximum atomic E-state index is 9.00. The summed E-state index contributed by atoms with van der Waals surface area (Å²) >= 11 is 0. The molecule has 0 radical (unpaired) electrons. The Bertz CT molecular complexity index is 634. The fourth-order valence-electron chi connectivity index (χ4n) is 4.28. The highest BCUT2D eigenvalue weighted by atomic mass is 16.4. The summed E-state index contributed by atoms with van der Waals surface area (Å²) in [6.07, 6.45) is 10.8. The number of hydrogen-bond donors (Lipinski definition) is 3. The van der Waals surface area contributed by atoms with E-state index in [4.69, 9.17) is 24.2 Å². The van der Waals surface area contributed by atoms with Crippen molar-refractivity contribution in [1.82, 2.24) is 20.4 Å². The number of nitrogens with zero attached hydrogens (tertiary/aromatic N) is 4. The van der Waals surface area contributed by atoms with Crippen molar-refractivity contribution in [3.05, 3.63) is 5.89 Å². The summed E-state index contributed by atoms with van der Waals surface area (Å²) in [5.41, 5.74) is 0.297. The van der Waals surface area contributed by atoms with Gasteiger partial charge in [-0.15, -0.1) is 5.10 Å². The Morgan fingerprint density at radius 1 is 1.03 bits per heavy atom. The van der Waals surface area contributed by atoms with Crippen LogP contribution < -0.4 is 10.2 Å². The highest BCUT2D eigenvalue weighted by molar-refractivity contribution is 5.63. The maximum Gasteiger partial charge on any atom is 0.317 e. The van der Waals surface area contributed by atoms with Crippen LogP contribution >= 0.6 is 0 Å². The van der Waals surface area contributed by atoms with Gasteiger partial charge >= 0.3 is 6.01 Å². The molecule has 178 valence electrons. The number of likely N-dealkylation sites (tertiary alicyclic amines) is 1. The Balaban J connectivity index is 0.000000519. The second-order valence-electron chi connectivity index (χ2n) is 8.24. The molecule has 2 heterocycles. The van der Waals surface area contributed by atoms with E-state index in [0.29, 0.717) is 24.0 Å². The van der Waals surface area contributed by atoms with Crippen LogP contribution in [0.3, 0.4) is 0 Å². The molecule has 10 nitrogen and oxygen atoms in total. The predicted octanol–water partition coefficient (Wildman–Crippen LogP) is 2.60. The largest absolute Gasteiger partial charge is 0.481 e. The predicted molar refractivity (Wildman–Crippen MR) is 118 cm³/mol. The van der Waals surface area contributed by atoms with E-state index in [2.05, 4.69) is 32.4 Å². The van der Waals surface area contributed by atoms with Crippen LogP contribution in [0.15, 0.2) is 4.42 Å². The van der Waals surface area contributed by atoms with Crippen molar-refractivity contribution in [1.29, 1.82) is 0 Å². The summed E-state index contributed by atoms with van der Waals surface area (Å²) < 4.78 is 5.78. The van der Waals surface area contributed by atoms with Gasteiger partial charge in [-0.2, -0.15) is 0 Å². The summed E-state index contributed by atoms with van der Waals surface area (Å²) in [5, 5.41) is 26.2. The lowest BCUT2D eigenvalue weighted by molar-refractivity contribution is -0.135. The van der Waals surface area contributed by atoms with Gasteiger partial charge in [0.25, 0.3) is 11.9 Å². The number of carboxylic acids is 2. The molecule has 1 aliphatic carbocycles. The summed E-state index contributed by atoms with van der Waals surface area (Å²) in [6, 6.07) is 0.650. The van der Waals surface area contributed by atoms with Gasteiger partial charge in [0.2, 0.25) is 5.89 Å². The third-order valence-corrected chi connectivity index (χ3v) is 5.45. The fourth-order valence-corrected chi connectivity index (χ4v) is 4.28. The SMILES string of the molecule is CC(=O)O.CC(=O)O.CNCc1nnc(N(C)CC2(N3CCCCC3)CCCCC2)o1. The molecule has 0 bridgehead atoms. The van der Waals surface area contributed by atoms with Gasteiger partial charge in [0.15, 0.2) is 0 Å². The molecule has 1 aliphatic heterocycles. The number of rotatable bonds is 6. The first kappa shape index (κ1) is 26.8. The standard InChI is InChI=1S/C17H31N5O.2C2H4O2/c1-18-13-15-19-20-16(23-15)21(2)14-17(9-5-3-6-10-17)22-11-7-4-8-12-22;2*1-2(3)4/h18H,3-14H2,1-2H3;2*1H3,(H,3,4). The molecular weight excluding hydrogens is 402 g/mol. The average molecular weight is 442 g/mol. The second-order valence-corrected chi connectivity index (χ2v) is 8.24. The van der Waals surface area contributed by atoms with Gasteiger partial charge in [-0.25, -0.2) is 0 Å². The van der Waals surface area contributed by atoms with Crippen molar-refractivity contribution < 1.29 is 24.2 Å². The molecule has 0 unspecified atom stereocenters. The zero-order valence-electron chi connectivity index (χ0n) is 19.4. The van der Waals surface area contributed by atoms with Crippen LogP contribution in [0.2, 0.25) is 0 Å². The van der Waals surface area contributed by atoms with Crippen molar-refractivity contribution in [3.8, 4) is 0 Å². The number of anilines is 1. The molecule has 31 heavy (non-hydrogen) atoms. The third-order valence-electron chi connectivity index (χ3n) is 5.45. The van der Waals surface area contributed by atoms with Crippen molar-refractivity contribution >= 4 is 18.0 Å². The Hall–Kier alpha value is -2.20. The molecule has 0 amide bonds. The molecule has 1 aromatic heterocycles. The number of aliphatic carboxylic acids is 2. The molecule has 2 fully saturated rings. The quantitative estimate of drug-likeness (QED) is 0.605. The van der Waals surface area contributed by atoms with E-state index in [1.54, 1.807) is 0 Å². The van der Waals surface area contributed by atoms with E-state index in [0.717, 1.165) is 20.4 Å². The summed E-state index contributed by atoms with van der Waals surface area (Å²) in [6.45, 7) is 6.29. The van der Waals surface area contributed by atoms with E-state index in [-0.39, 0.29) is 0 Å². The van der Waals surface area contributed by atoms with Gasteiger partial charge in [-0.3, -0.25) is 14.5 Å². The molecule has 0 atom stereocenters. The van der Waals surface area contributed by atoms with Crippen LogP contribution in [0.25, 0.3) is 0 Å². The zero-order valence-corrected chi connectivity index (χ0v) is 19.4. The van der Waals surface area contributed by atoms with E-state index in [1.807, 2.05) is 7.05 Å². The lowest BCUT2D eigenvalue weighted by atomic mass is 9.79. The monoisotopic (exact) mass is 441 g/mol. The maximum absolute atomic E-state index is 9.00. The lowest BCUT2D eigenvalue weighted by Crippen LogP contribution is -2.57. The molecule has 1 aromatic rings. The minimum atomic E-state index is -0.833. The molecule has 10 heteroatoms. The summed E-state index contributed by atoms with van der Waals surface area (Å²) in [5.74, 6) is -1.01. The molecule has 1 saturated carbocycles. The molecule has 1 saturated heterocycles. The number of carboxylic acid groups (broad SMARTS) is 2. The molecule has 0 spiro atoms. The topological polar surface area (TPSA) is 132 Å². The first-order chi connectivity index (χ1) is 14.7. The lowest BCUT2D eigenvalue weighted by Gasteiger charge is -2.49. The normalized spacial score (nSPS) is 18.1. The zero-order chi connectivity index (χ0) is 23.3.